The fourth-order valence-corrected chi connectivity index (χ4v) is 6.32. The first-order valence-electron chi connectivity index (χ1n) is 14.7. The number of carbonyl (C=O) groups excluding carboxylic acids is 4. The summed E-state index contributed by atoms with van der Waals surface area (Å²) >= 11 is 7.33. The lowest BCUT2D eigenvalue weighted by Crippen LogP contribution is -2.36. The average Bonchev–Trinajstić information content (AvgIpc) is 3.29. The number of nitrogens with zero attached hydrogens (tertiary/aromatic N) is 1. The van der Waals surface area contributed by atoms with Crippen LogP contribution in [0.15, 0.2) is 65.6 Å². The lowest BCUT2D eigenvalue weighted by Gasteiger charge is -2.22. The standard InChI is InChI=1S/C34H34ClN3O6S/c1-21-11-13-26(14-12-21)36-30(39)19-38-33(41)29(45-34(38)42)18-23-16-27(35)31(28(17-23)43-2)44-20-22-7-6-8-24(15-22)32(40)37-25-9-4-3-5-10-25/h6-8,11-18,25H,3-5,9-10,19-20H2,1-2H3,(H,36,39)(H,37,40)/b29-18-. The number of imide groups is 1. The van der Waals surface area contributed by atoms with Gasteiger partial charge >= 0.3 is 0 Å². The highest BCUT2D eigenvalue weighted by Crippen LogP contribution is 2.39. The molecule has 0 atom stereocenters. The SMILES string of the molecule is COc1cc(/C=C2\SC(=O)N(CC(=O)Nc3ccc(C)cc3)C2=O)cc(Cl)c1OCc1cccc(C(=O)NC2CCCCC2)c1. The van der Waals surface area contributed by atoms with Gasteiger partial charge in [-0.2, -0.15) is 0 Å². The van der Waals surface area contributed by atoms with Crippen molar-refractivity contribution >= 4 is 58.1 Å². The van der Waals surface area contributed by atoms with E-state index in [2.05, 4.69) is 10.6 Å². The second-order valence-corrected chi connectivity index (χ2v) is 12.4. The smallest absolute Gasteiger partial charge is 0.294 e. The van der Waals surface area contributed by atoms with Gasteiger partial charge in [0.05, 0.1) is 17.0 Å². The van der Waals surface area contributed by atoms with E-state index in [1.165, 1.54) is 19.6 Å². The summed E-state index contributed by atoms with van der Waals surface area (Å²) in [5.74, 6) is -0.526. The van der Waals surface area contributed by atoms with E-state index in [0.717, 1.165) is 53.5 Å². The van der Waals surface area contributed by atoms with Crippen molar-refractivity contribution in [2.45, 2.75) is 51.7 Å². The van der Waals surface area contributed by atoms with Gasteiger partial charge in [0.1, 0.15) is 13.2 Å². The van der Waals surface area contributed by atoms with Gasteiger partial charge in [-0.15, -0.1) is 0 Å². The third-order valence-corrected chi connectivity index (χ3v) is 8.76. The molecule has 5 rings (SSSR count). The van der Waals surface area contributed by atoms with Crippen LogP contribution in [-0.4, -0.2) is 47.6 Å². The van der Waals surface area contributed by atoms with Crippen LogP contribution >= 0.6 is 23.4 Å². The van der Waals surface area contributed by atoms with Gasteiger partial charge in [0.25, 0.3) is 17.1 Å². The molecule has 1 aliphatic heterocycles. The third kappa shape index (κ3) is 8.26. The molecule has 1 heterocycles. The molecular weight excluding hydrogens is 614 g/mol. The monoisotopic (exact) mass is 647 g/mol. The number of benzene rings is 3. The maximum Gasteiger partial charge on any atom is 0.294 e. The second-order valence-electron chi connectivity index (χ2n) is 11.0. The summed E-state index contributed by atoms with van der Waals surface area (Å²) in [5, 5.41) is 5.53. The third-order valence-electron chi connectivity index (χ3n) is 7.57. The quantitative estimate of drug-likeness (QED) is 0.228. The molecule has 0 bridgehead atoms. The summed E-state index contributed by atoms with van der Waals surface area (Å²) in [5.41, 5.74) is 3.48. The molecule has 0 spiro atoms. The lowest BCUT2D eigenvalue weighted by atomic mass is 9.95. The molecule has 0 aromatic heterocycles. The average molecular weight is 648 g/mol. The summed E-state index contributed by atoms with van der Waals surface area (Å²) in [7, 11) is 1.47. The van der Waals surface area contributed by atoms with Crippen LogP contribution in [0.5, 0.6) is 11.5 Å². The van der Waals surface area contributed by atoms with E-state index in [1.807, 2.05) is 31.2 Å². The van der Waals surface area contributed by atoms with Crippen LogP contribution in [-0.2, 0) is 16.2 Å². The number of ether oxygens (including phenoxy) is 2. The Balaban J connectivity index is 1.23. The first-order chi connectivity index (χ1) is 21.7. The molecule has 234 valence electrons. The first-order valence-corrected chi connectivity index (χ1v) is 15.9. The van der Waals surface area contributed by atoms with Gasteiger partial charge in [-0.05, 0) is 85.1 Å². The summed E-state index contributed by atoms with van der Waals surface area (Å²) in [6, 6.07) is 17.9. The van der Waals surface area contributed by atoms with Gasteiger partial charge < -0.3 is 20.1 Å². The van der Waals surface area contributed by atoms with E-state index >= 15 is 0 Å². The Bertz CT molecular complexity index is 1640. The van der Waals surface area contributed by atoms with E-state index in [0.29, 0.717) is 28.3 Å². The number of anilines is 1. The Morgan fingerprint density at radius 3 is 2.53 bits per heavy atom. The zero-order chi connectivity index (χ0) is 31.9. The summed E-state index contributed by atoms with van der Waals surface area (Å²) < 4.78 is 11.5. The maximum absolute atomic E-state index is 13.0. The number of methoxy groups -OCH3 is 1. The molecule has 4 amide bonds. The minimum atomic E-state index is -0.577. The van der Waals surface area contributed by atoms with Crippen molar-refractivity contribution in [1.82, 2.24) is 10.2 Å². The van der Waals surface area contributed by atoms with Crippen LogP contribution in [0.25, 0.3) is 6.08 Å². The highest BCUT2D eigenvalue weighted by Gasteiger charge is 2.36. The predicted molar refractivity (Wildman–Crippen MR) is 176 cm³/mol. The molecule has 0 unspecified atom stereocenters. The van der Waals surface area contributed by atoms with Gasteiger partial charge in [-0.1, -0.05) is 60.7 Å². The van der Waals surface area contributed by atoms with Crippen LogP contribution in [0.3, 0.4) is 0 Å². The Morgan fingerprint density at radius 1 is 1.04 bits per heavy atom. The Hall–Kier alpha value is -4.28. The van der Waals surface area contributed by atoms with Crippen molar-refractivity contribution in [2.75, 3.05) is 19.0 Å². The van der Waals surface area contributed by atoms with E-state index in [-0.39, 0.29) is 28.5 Å². The predicted octanol–water partition coefficient (Wildman–Crippen LogP) is 6.97. The van der Waals surface area contributed by atoms with Gasteiger partial charge in [0.2, 0.25) is 5.91 Å². The molecule has 2 aliphatic rings. The molecule has 45 heavy (non-hydrogen) atoms. The molecule has 1 saturated heterocycles. The molecule has 0 radical (unpaired) electrons. The van der Waals surface area contributed by atoms with Crippen molar-refractivity contribution in [1.29, 1.82) is 0 Å². The van der Waals surface area contributed by atoms with Crippen LogP contribution in [0, 0.1) is 6.92 Å². The second kappa shape index (κ2) is 14.7. The Morgan fingerprint density at radius 2 is 1.80 bits per heavy atom. The molecular formula is C34H34ClN3O6S. The van der Waals surface area contributed by atoms with Crippen LogP contribution in [0.1, 0.15) is 59.2 Å². The van der Waals surface area contributed by atoms with Gasteiger partial charge in [0.15, 0.2) is 11.5 Å². The number of hydrogen-bond donors (Lipinski definition) is 2. The normalized spacial score (nSPS) is 16.2. The molecule has 3 aromatic rings. The van der Waals surface area contributed by atoms with E-state index < -0.39 is 23.6 Å². The summed E-state index contributed by atoms with van der Waals surface area (Å²) in [6.45, 7) is 1.67. The van der Waals surface area contributed by atoms with Gasteiger partial charge in [-0.3, -0.25) is 24.1 Å². The summed E-state index contributed by atoms with van der Waals surface area (Å²) in [4.78, 5) is 52.0. The van der Waals surface area contributed by atoms with Gasteiger partial charge in [0, 0.05) is 17.3 Å². The molecule has 1 aliphatic carbocycles. The lowest BCUT2D eigenvalue weighted by molar-refractivity contribution is -0.127. The molecule has 2 fully saturated rings. The number of rotatable bonds is 10. The highest BCUT2D eigenvalue weighted by atomic mass is 35.5. The Labute approximate surface area is 271 Å². The zero-order valence-electron chi connectivity index (χ0n) is 25.1. The van der Waals surface area contributed by atoms with Crippen molar-refractivity contribution in [3.05, 3.63) is 92.8 Å². The van der Waals surface area contributed by atoms with E-state index in [9.17, 15) is 19.2 Å². The highest BCUT2D eigenvalue weighted by molar-refractivity contribution is 8.18. The van der Waals surface area contributed by atoms with E-state index in [1.54, 1.807) is 36.4 Å². The molecule has 1 saturated carbocycles. The fraction of sp³-hybridized carbons (Fsp3) is 0.294. The number of carbonyl (C=O) groups is 4. The number of amides is 4. The molecule has 9 nitrogen and oxygen atoms in total. The van der Waals surface area contributed by atoms with Crippen molar-refractivity contribution in [3.8, 4) is 11.5 Å². The summed E-state index contributed by atoms with van der Waals surface area (Å²) in [6.07, 6.45) is 7.02. The Kier molecular flexibility index (Phi) is 10.5. The zero-order valence-corrected chi connectivity index (χ0v) is 26.6. The number of aryl methyl sites for hydroxylation is 1. The topological polar surface area (TPSA) is 114 Å². The van der Waals surface area contributed by atoms with Crippen LogP contribution < -0.4 is 20.1 Å². The van der Waals surface area contributed by atoms with Gasteiger partial charge in [-0.25, -0.2) is 0 Å². The molecule has 11 heteroatoms. The number of halogens is 1. The minimum absolute atomic E-state index is 0.0972. The molecule has 2 N–H and O–H groups in total. The number of nitrogens with one attached hydrogen (secondary N) is 2. The minimum Gasteiger partial charge on any atom is -0.493 e. The van der Waals surface area contributed by atoms with Crippen molar-refractivity contribution in [2.24, 2.45) is 0 Å². The molecule has 3 aromatic carbocycles. The van der Waals surface area contributed by atoms with Crippen molar-refractivity contribution < 1.29 is 28.7 Å². The largest absolute Gasteiger partial charge is 0.493 e. The van der Waals surface area contributed by atoms with Crippen molar-refractivity contribution in [3.63, 3.8) is 0 Å². The fourth-order valence-electron chi connectivity index (χ4n) is 5.21. The van der Waals surface area contributed by atoms with Crippen LogP contribution in [0.4, 0.5) is 10.5 Å². The number of hydrogen-bond acceptors (Lipinski definition) is 7. The number of thioether (sulfide) groups is 1. The maximum atomic E-state index is 13.0. The van der Waals surface area contributed by atoms with E-state index in [4.69, 9.17) is 21.1 Å². The van der Waals surface area contributed by atoms with Crippen LogP contribution in [0.2, 0.25) is 5.02 Å². The first kappa shape index (κ1) is 32.1.